The SMILES string of the molecule is O=C(NCCN1C(=O)S/C(=C\c2ccc3c(c2)OCO3)C1=O)c1cc(F)c(F)c(F)c1F. The highest BCUT2D eigenvalue weighted by molar-refractivity contribution is 8.18. The number of imide groups is 1. The molecular formula is C20H12F4N2O5S. The molecule has 0 radical (unpaired) electrons. The Balaban J connectivity index is 1.40. The summed E-state index contributed by atoms with van der Waals surface area (Å²) in [5.41, 5.74) is -0.442. The lowest BCUT2D eigenvalue weighted by molar-refractivity contribution is -0.122. The summed E-state index contributed by atoms with van der Waals surface area (Å²) < 4.78 is 63.7. The third-order valence-electron chi connectivity index (χ3n) is 4.54. The maximum absolute atomic E-state index is 13.7. The van der Waals surface area contributed by atoms with E-state index in [1.54, 1.807) is 18.2 Å². The van der Waals surface area contributed by atoms with Crippen LogP contribution in [0.2, 0.25) is 0 Å². The quantitative estimate of drug-likeness (QED) is 0.313. The van der Waals surface area contributed by atoms with Crippen molar-refractivity contribution in [2.75, 3.05) is 19.9 Å². The molecule has 0 aliphatic carbocycles. The summed E-state index contributed by atoms with van der Waals surface area (Å²) in [4.78, 5) is 37.7. The van der Waals surface area contributed by atoms with E-state index in [-0.39, 0.29) is 30.9 Å². The first-order chi connectivity index (χ1) is 15.3. The number of ether oxygens (including phenoxy) is 2. The summed E-state index contributed by atoms with van der Waals surface area (Å²) in [6, 6.07) is 5.20. The zero-order valence-electron chi connectivity index (χ0n) is 15.9. The standard InChI is InChI=1S/C20H12F4N2O5S/c21-11-7-10(15(22)17(24)16(11)23)18(27)25-3-4-26-19(28)14(32-20(26)29)6-9-1-2-12-13(5-9)31-8-30-12/h1-2,5-7H,3-4,8H2,(H,25,27)/b14-6-. The third kappa shape index (κ3) is 4.00. The molecule has 3 amide bonds. The fourth-order valence-corrected chi connectivity index (χ4v) is 3.83. The van der Waals surface area contributed by atoms with Crippen LogP contribution >= 0.6 is 11.8 Å². The number of carbonyl (C=O) groups excluding carboxylic acids is 3. The van der Waals surface area contributed by atoms with Crippen molar-refractivity contribution in [1.82, 2.24) is 10.2 Å². The summed E-state index contributed by atoms with van der Waals surface area (Å²) in [6.45, 7) is -0.515. The fourth-order valence-electron chi connectivity index (χ4n) is 2.96. The number of nitrogens with one attached hydrogen (secondary N) is 1. The number of carbonyl (C=O) groups is 3. The predicted molar refractivity (Wildman–Crippen MR) is 104 cm³/mol. The second-order valence-electron chi connectivity index (χ2n) is 6.55. The Morgan fingerprint density at radius 2 is 1.81 bits per heavy atom. The van der Waals surface area contributed by atoms with Crippen LogP contribution in [-0.4, -0.2) is 41.8 Å². The number of fused-ring (bicyclic) bond motifs is 1. The van der Waals surface area contributed by atoms with Crippen LogP contribution in [0.15, 0.2) is 29.2 Å². The summed E-state index contributed by atoms with van der Waals surface area (Å²) in [6.07, 6.45) is 1.49. The molecule has 4 rings (SSSR count). The van der Waals surface area contributed by atoms with Gasteiger partial charge in [-0.3, -0.25) is 19.3 Å². The highest BCUT2D eigenvalue weighted by Crippen LogP contribution is 2.36. The molecule has 2 aromatic carbocycles. The van der Waals surface area contributed by atoms with E-state index in [9.17, 15) is 31.9 Å². The van der Waals surface area contributed by atoms with Gasteiger partial charge in [0.2, 0.25) is 6.79 Å². The Bertz CT molecular complexity index is 1190. The molecule has 2 aliphatic rings. The van der Waals surface area contributed by atoms with E-state index in [1.807, 2.05) is 0 Å². The molecule has 1 saturated heterocycles. The van der Waals surface area contributed by atoms with Crippen LogP contribution in [0.25, 0.3) is 6.08 Å². The molecule has 1 fully saturated rings. The third-order valence-corrected chi connectivity index (χ3v) is 5.44. The minimum atomic E-state index is -2.12. The lowest BCUT2D eigenvalue weighted by Crippen LogP contribution is -2.37. The van der Waals surface area contributed by atoms with Gasteiger partial charge in [-0.2, -0.15) is 0 Å². The van der Waals surface area contributed by atoms with Gasteiger partial charge in [-0.25, -0.2) is 17.6 Å². The Morgan fingerprint density at radius 1 is 1.06 bits per heavy atom. The van der Waals surface area contributed by atoms with Gasteiger partial charge in [0.15, 0.2) is 34.8 Å². The van der Waals surface area contributed by atoms with Crippen molar-refractivity contribution in [3.63, 3.8) is 0 Å². The van der Waals surface area contributed by atoms with Gasteiger partial charge in [0.05, 0.1) is 10.5 Å². The first-order valence-electron chi connectivity index (χ1n) is 9.02. The van der Waals surface area contributed by atoms with Gasteiger partial charge in [0, 0.05) is 13.1 Å². The van der Waals surface area contributed by atoms with Crippen LogP contribution in [0.1, 0.15) is 15.9 Å². The number of hydrogen-bond acceptors (Lipinski definition) is 6. The van der Waals surface area contributed by atoms with Gasteiger partial charge in [-0.05, 0) is 41.6 Å². The molecule has 2 aromatic rings. The minimum absolute atomic E-state index is 0.0854. The molecule has 0 aromatic heterocycles. The van der Waals surface area contributed by atoms with E-state index in [1.165, 1.54) is 6.08 Å². The van der Waals surface area contributed by atoms with E-state index in [4.69, 9.17) is 9.47 Å². The molecule has 0 saturated carbocycles. The first kappa shape index (κ1) is 21.7. The number of thioether (sulfide) groups is 1. The zero-order chi connectivity index (χ0) is 23.0. The first-order valence-corrected chi connectivity index (χ1v) is 9.84. The number of nitrogens with zero attached hydrogens (tertiary/aromatic N) is 1. The molecular weight excluding hydrogens is 456 g/mol. The van der Waals surface area contributed by atoms with E-state index in [2.05, 4.69) is 5.32 Å². The lowest BCUT2D eigenvalue weighted by Gasteiger charge is -2.13. The van der Waals surface area contributed by atoms with Crippen LogP contribution in [0.4, 0.5) is 22.4 Å². The summed E-state index contributed by atoms with van der Waals surface area (Å²) in [5, 5.41) is 1.54. The van der Waals surface area contributed by atoms with Crippen molar-refractivity contribution in [3.8, 4) is 11.5 Å². The summed E-state index contributed by atoms with van der Waals surface area (Å²) in [5.74, 6) is -8.51. The maximum Gasteiger partial charge on any atom is 0.293 e. The van der Waals surface area contributed by atoms with Crippen LogP contribution in [-0.2, 0) is 4.79 Å². The Labute approximate surface area is 182 Å². The van der Waals surface area contributed by atoms with Crippen molar-refractivity contribution >= 4 is 34.9 Å². The molecule has 2 heterocycles. The van der Waals surface area contributed by atoms with Crippen molar-refractivity contribution in [2.45, 2.75) is 0 Å². The molecule has 7 nitrogen and oxygen atoms in total. The van der Waals surface area contributed by atoms with Gasteiger partial charge < -0.3 is 14.8 Å². The average Bonchev–Trinajstić information content (AvgIpc) is 3.34. The van der Waals surface area contributed by atoms with Crippen molar-refractivity contribution < 1.29 is 41.4 Å². The van der Waals surface area contributed by atoms with E-state index < -0.39 is 45.9 Å². The fraction of sp³-hybridized carbons (Fsp3) is 0.150. The van der Waals surface area contributed by atoms with E-state index in [0.29, 0.717) is 28.8 Å². The molecule has 0 spiro atoms. The largest absolute Gasteiger partial charge is 0.454 e. The number of halogens is 4. The van der Waals surface area contributed by atoms with Crippen molar-refractivity contribution in [2.24, 2.45) is 0 Å². The van der Waals surface area contributed by atoms with Gasteiger partial charge in [-0.15, -0.1) is 0 Å². The smallest absolute Gasteiger partial charge is 0.293 e. The van der Waals surface area contributed by atoms with Crippen LogP contribution in [0, 0.1) is 23.3 Å². The molecule has 0 bridgehead atoms. The number of rotatable bonds is 5. The molecule has 0 atom stereocenters. The normalized spacial score (nSPS) is 16.2. The number of benzene rings is 2. The van der Waals surface area contributed by atoms with Crippen molar-refractivity contribution in [1.29, 1.82) is 0 Å². The molecule has 32 heavy (non-hydrogen) atoms. The second-order valence-corrected chi connectivity index (χ2v) is 7.54. The van der Waals surface area contributed by atoms with Gasteiger partial charge >= 0.3 is 0 Å². The Hall–Kier alpha value is -3.54. The van der Waals surface area contributed by atoms with Gasteiger partial charge in [0.25, 0.3) is 17.1 Å². The van der Waals surface area contributed by atoms with E-state index >= 15 is 0 Å². The monoisotopic (exact) mass is 468 g/mol. The molecule has 1 N–H and O–H groups in total. The Kier molecular flexibility index (Phi) is 5.78. The topological polar surface area (TPSA) is 84.9 Å². The highest BCUT2D eigenvalue weighted by Gasteiger charge is 2.35. The second kappa shape index (κ2) is 8.54. The van der Waals surface area contributed by atoms with Crippen LogP contribution in [0.3, 0.4) is 0 Å². The average molecular weight is 468 g/mol. The summed E-state index contributed by atoms with van der Waals surface area (Å²) in [7, 11) is 0. The summed E-state index contributed by atoms with van der Waals surface area (Å²) >= 11 is 0.686. The number of hydrogen-bond donors (Lipinski definition) is 1. The van der Waals surface area contributed by atoms with Crippen LogP contribution in [0.5, 0.6) is 11.5 Å². The zero-order valence-corrected chi connectivity index (χ0v) is 16.7. The van der Waals surface area contributed by atoms with Crippen LogP contribution < -0.4 is 14.8 Å². The number of amides is 3. The molecule has 2 aliphatic heterocycles. The molecule has 0 unspecified atom stereocenters. The maximum atomic E-state index is 13.7. The van der Waals surface area contributed by atoms with Gasteiger partial charge in [-0.1, -0.05) is 6.07 Å². The highest BCUT2D eigenvalue weighted by atomic mass is 32.2. The van der Waals surface area contributed by atoms with Gasteiger partial charge in [0.1, 0.15) is 0 Å². The minimum Gasteiger partial charge on any atom is -0.454 e. The molecule has 166 valence electrons. The molecule has 12 heteroatoms. The van der Waals surface area contributed by atoms with E-state index in [0.717, 1.165) is 4.90 Å². The lowest BCUT2D eigenvalue weighted by atomic mass is 10.1. The Morgan fingerprint density at radius 3 is 2.59 bits per heavy atom. The van der Waals surface area contributed by atoms with Crippen molar-refractivity contribution in [3.05, 3.63) is 63.6 Å². The predicted octanol–water partition coefficient (Wildman–Crippen LogP) is 3.44.